The zero-order valence-corrected chi connectivity index (χ0v) is 12.2. The largest absolute Gasteiger partial charge is 0.399 e. The number of anilines is 1. The van der Waals surface area contributed by atoms with Gasteiger partial charge in [0.15, 0.2) is 0 Å². The zero-order valence-electron chi connectivity index (χ0n) is 11.4. The van der Waals surface area contributed by atoms with Crippen molar-refractivity contribution < 1.29 is 8.42 Å². The summed E-state index contributed by atoms with van der Waals surface area (Å²) in [5, 5.41) is 0. The molecule has 0 aliphatic carbocycles. The van der Waals surface area contributed by atoms with Gasteiger partial charge in [-0.1, -0.05) is 0 Å². The van der Waals surface area contributed by atoms with Gasteiger partial charge in [0.1, 0.15) is 0 Å². The van der Waals surface area contributed by atoms with Gasteiger partial charge < -0.3 is 5.73 Å². The number of aromatic nitrogens is 1. The Hall–Kier alpha value is -1.92. The molecule has 0 fully saturated rings. The fourth-order valence-corrected chi connectivity index (χ4v) is 3.22. The number of hydrogen-bond donors (Lipinski definition) is 1. The summed E-state index contributed by atoms with van der Waals surface area (Å²) in [7, 11) is -1.98. The van der Waals surface area contributed by atoms with Gasteiger partial charge in [-0.05, 0) is 48.9 Å². The van der Waals surface area contributed by atoms with E-state index < -0.39 is 10.0 Å². The standard InChI is InChI=1S/C14H17N3O2S/c1-11(12-7-9-16-10-8-12)17(2)20(18,19)14-5-3-13(15)4-6-14/h3-11H,15H2,1-2H3. The molecule has 1 atom stereocenters. The van der Waals surface area contributed by atoms with Crippen LogP contribution < -0.4 is 5.73 Å². The second kappa shape index (κ2) is 5.60. The molecule has 0 radical (unpaired) electrons. The molecule has 0 bridgehead atoms. The topological polar surface area (TPSA) is 76.3 Å². The van der Waals surface area contributed by atoms with E-state index in [0.29, 0.717) is 5.69 Å². The van der Waals surface area contributed by atoms with Crippen LogP contribution in [0.4, 0.5) is 5.69 Å². The van der Waals surface area contributed by atoms with E-state index in [1.54, 1.807) is 43.7 Å². The van der Waals surface area contributed by atoms with E-state index in [0.717, 1.165) is 5.56 Å². The van der Waals surface area contributed by atoms with Crippen LogP contribution in [0.2, 0.25) is 0 Å². The third-order valence-corrected chi connectivity index (χ3v) is 5.23. The number of benzene rings is 1. The maximum atomic E-state index is 12.5. The molecular weight excluding hydrogens is 274 g/mol. The summed E-state index contributed by atoms with van der Waals surface area (Å²) in [6.07, 6.45) is 3.30. The predicted molar refractivity (Wildman–Crippen MR) is 78.5 cm³/mol. The first kappa shape index (κ1) is 14.5. The van der Waals surface area contributed by atoms with Crippen LogP contribution >= 0.6 is 0 Å². The summed E-state index contributed by atoms with van der Waals surface area (Å²) in [5.41, 5.74) is 7.01. The Morgan fingerprint density at radius 3 is 2.20 bits per heavy atom. The molecule has 2 N–H and O–H groups in total. The second-order valence-corrected chi connectivity index (χ2v) is 6.54. The lowest BCUT2D eigenvalue weighted by atomic mass is 10.1. The van der Waals surface area contributed by atoms with E-state index in [4.69, 9.17) is 5.73 Å². The Morgan fingerprint density at radius 2 is 1.65 bits per heavy atom. The minimum absolute atomic E-state index is 0.232. The molecule has 2 rings (SSSR count). The minimum Gasteiger partial charge on any atom is -0.399 e. The Kier molecular flexibility index (Phi) is 4.06. The highest BCUT2D eigenvalue weighted by atomic mass is 32.2. The highest BCUT2D eigenvalue weighted by Gasteiger charge is 2.26. The quantitative estimate of drug-likeness (QED) is 0.875. The highest BCUT2D eigenvalue weighted by molar-refractivity contribution is 7.89. The number of nitrogens with two attached hydrogens (primary N) is 1. The van der Waals surface area contributed by atoms with Gasteiger partial charge in [0.2, 0.25) is 10.0 Å². The van der Waals surface area contributed by atoms with Gasteiger partial charge in [-0.2, -0.15) is 4.31 Å². The number of sulfonamides is 1. The molecule has 106 valence electrons. The van der Waals surface area contributed by atoms with Crippen molar-refractivity contribution in [1.29, 1.82) is 0 Å². The first-order valence-corrected chi connectivity index (χ1v) is 7.60. The fraction of sp³-hybridized carbons (Fsp3) is 0.214. The molecule has 0 amide bonds. The summed E-state index contributed by atoms with van der Waals surface area (Å²) in [6.45, 7) is 1.84. The molecule has 1 aromatic carbocycles. The van der Waals surface area contributed by atoms with E-state index >= 15 is 0 Å². The highest BCUT2D eigenvalue weighted by Crippen LogP contribution is 2.25. The normalized spacial score (nSPS) is 13.3. The molecule has 0 saturated carbocycles. The van der Waals surface area contributed by atoms with Gasteiger partial charge in [0, 0.05) is 31.2 Å². The number of hydrogen-bond acceptors (Lipinski definition) is 4. The number of nitrogen functional groups attached to an aromatic ring is 1. The Bertz CT molecular complexity index is 669. The Labute approximate surface area is 119 Å². The lowest BCUT2D eigenvalue weighted by Crippen LogP contribution is -2.29. The van der Waals surface area contributed by atoms with Gasteiger partial charge in [-0.25, -0.2) is 8.42 Å². The van der Waals surface area contributed by atoms with Crippen LogP contribution in [0.3, 0.4) is 0 Å². The Morgan fingerprint density at radius 1 is 1.10 bits per heavy atom. The van der Waals surface area contributed by atoms with Gasteiger partial charge in [-0.3, -0.25) is 4.98 Å². The molecule has 1 aromatic heterocycles. The molecule has 6 heteroatoms. The summed E-state index contributed by atoms with van der Waals surface area (Å²) in [6, 6.07) is 9.52. The van der Waals surface area contributed by atoms with Crippen molar-refractivity contribution in [2.45, 2.75) is 17.9 Å². The third kappa shape index (κ3) is 2.81. The molecule has 0 aliphatic heterocycles. The van der Waals surface area contributed by atoms with E-state index in [2.05, 4.69) is 4.98 Å². The molecule has 0 aliphatic rings. The van der Waals surface area contributed by atoms with Crippen LogP contribution in [-0.2, 0) is 10.0 Å². The van der Waals surface area contributed by atoms with E-state index in [1.807, 2.05) is 6.92 Å². The van der Waals surface area contributed by atoms with Crippen molar-refractivity contribution in [2.75, 3.05) is 12.8 Å². The van der Waals surface area contributed by atoms with Gasteiger partial charge in [-0.15, -0.1) is 0 Å². The predicted octanol–water partition coefficient (Wildman–Crippen LogP) is 2.05. The van der Waals surface area contributed by atoms with E-state index in [9.17, 15) is 8.42 Å². The van der Waals surface area contributed by atoms with Gasteiger partial charge in [0.05, 0.1) is 4.90 Å². The summed E-state index contributed by atoms with van der Waals surface area (Å²) in [4.78, 5) is 4.17. The first-order valence-electron chi connectivity index (χ1n) is 6.16. The van der Waals surface area contributed by atoms with Crippen molar-refractivity contribution in [3.63, 3.8) is 0 Å². The maximum Gasteiger partial charge on any atom is 0.243 e. The summed E-state index contributed by atoms with van der Waals surface area (Å²) >= 11 is 0. The van der Waals surface area contributed by atoms with Crippen molar-refractivity contribution in [1.82, 2.24) is 9.29 Å². The minimum atomic E-state index is -3.55. The van der Waals surface area contributed by atoms with Crippen LogP contribution in [0.1, 0.15) is 18.5 Å². The lowest BCUT2D eigenvalue weighted by Gasteiger charge is -2.24. The fourth-order valence-electron chi connectivity index (χ4n) is 1.87. The monoisotopic (exact) mass is 291 g/mol. The second-order valence-electron chi connectivity index (χ2n) is 4.55. The lowest BCUT2D eigenvalue weighted by molar-refractivity contribution is 0.398. The smallest absolute Gasteiger partial charge is 0.243 e. The van der Waals surface area contributed by atoms with Gasteiger partial charge >= 0.3 is 0 Å². The molecule has 20 heavy (non-hydrogen) atoms. The number of pyridine rings is 1. The van der Waals surface area contributed by atoms with Crippen LogP contribution in [-0.4, -0.2) is 24.8 Å². The zero-order chi connectivity index (χ0) is 14.8. The summed E-state index contributed by atoms with van der Waals surface area (Å²) < 4.78 is 26.4. The molecule has 5 nitrogen and oxygen atoms in total. The molecular formula is C14H17N3O2S. The SMILES string of the molecule is CC(c1ccncc1)N(C)S(=O)(=O)c1ccc(N)cc1. The van der Waals surface area contributed by atoms with Crippen LogP contribution in [0.25, 0.3) is 0 Å². The molecule has 0 spiro atoms. The first-order chi connectivity index (χ1) is 9.43. The molecule has 1 unspecified atom stereocenters. The number of nitrogens with zero attached hydrogens (tertiary/aromatic N) is 2. The average molecular weight is 291 g/mol. The van der Waals surface area contributed by atoms with Crippen LogP contribution in [0.15, 0.2) is 53.7 Å². The van der Waals surface area contributed by atoms with Crippen molar-refractivity contribution in [2.24, 2.45) is 0 Å². The molecule has 0 saturated heterocycles. The van der Waals surface area contributed by atoms with Crippen LogP contribution in [0.5, 0.6) is 0 Å². The van der Waals surface area contributed by atoms with Crippen molar-refractivity contribution >= 4 is 15.7 Å². The van der Waals surface area contributed by atoms with Gasteiger partial charge in [0.25, 0.3) is 0 Å². The number of rotatable bonds is 4. The maximum absolute atomic E-state index is 12.5. The van der Waals surface area contributed by atoms with Crippen LogP contribution in [0, 0.1) is 0 Å². The average Bonchev–Trinajstić information content (AvgIpc) is 2.47. The Balaban J connectivity index is 2.32. The van der Waals surface area contributed by atoms with Crippen molar-refractivity contribution in [3.05, 3.63) is 54.4 Å². The third-order valence-electron chi connectivity index (χ3n) is 3.29. The van der Waals surface area contributed by atoms with E-state index in [1.165, 1.54) is 16.4 Å². The van der Waals surface area contributed by atoms with Crippen molar-refractivity contribution in [3.8, 4) is 0 Å². The molecule has 2 aromatic rings. The van der Waals surface area contributed by atoms with E-state index in [-0.39, 0.29) is 10.9 Å². The molecule has 1 heterocycles. The summed E-state index contributed by atoms with van der Waals surface area (Å²) in [5.74, 6) is 0.